The van der Waals surface area contributed by atoms with E-state index < -0.39 is 17.5 Å². The summed E-state index contributed by atoms with van der Waals surface area (Å²) in [5.41, 5.74) is 0.702. The normalized spacial score (nSPS) is 30.2. The second kappa shape index (κ2) is 10.5. The number of hydrogen-bond acceptors (Lipinski definition) is 8. The number of ether oxygens (including phenoxy) is 1. The van der Waals surface area contributed by atoms with E-state index >= 15 is 4.39 Å². The Morgan fingerprint density at radius 2 is 1.93 bits per heavy atom. The topological polar surface area (TPSA) is 86.6 Å². The number of terminal acetylenes is 1. The maximum absolute atomic E-state index is 16.9. The summed E-state index contributed by atoms with van der Waals surface area (Å²) in [6, 6.07) is 9.68. The summed E-state index contributed by atoms with van der Waals surface area (Å²) in [6.07, 6.45) is 13.5. The van der Waals surface area contributed by atoms with Crippen LogP contribution in [0.4, 0.5) is 14.6 Å². The van der Waals surface area contributed by atoms with Crippen molar-refractivity contribution in [2.24, 2.45) is 5.92 Å². The van der Waals surface area contributed by atoms with Crippen molar-refractivity contribution in [3.8, 4) is 35.4 Å². The van der Waals surface area contributed by atoms with E-state index in [4.69, 9.17) is 16.1 Å². The first-order chi connectivity index (χ1) is 22.4. The van der Waals surface area contributed by atoms with Gasteiger partial charge in [-0.1, -0.05) is 24.5 Å². The second-order valence-corrected chi connectivity index (χ2v) is 14.0. The number of piperazine rings is 1. The Morgan fingerprint density at radius 1 is 1.09 bits per heavy atom. The number of hydrogen-bond donors (Lipinski definition) is 2. The molecule has 4 saturated heterocycles. The third-order valence-corrected chi connectivity index (χ3v) is 11.3. The van der Waals surface area contributed by atoms with Crippen molar-refractivity contribution in [1.82, 2.24) is 25.2 Å². The number of nitrogens with one attached hydrogen (secondary N) is 1. The Bertz CT molecular complexity index is 1920. The third kappa shape index (κ3) is 4.35. The molecule has 0 spiro atoms. The average molecular weight is 623 g/mol. The lowest BCUT2D eigenvalue weighted by Gasteiger charge is -2.35. The predicted molar refractivity (Wildman–Crippen MR) is 172 cm³/mol. The first kappa shape index (κ1) is 28.2. The molecule has 1 aliphatic carbocycles. The molecule has 2 bridgehead atoms. The fourth-order valence-electron chi connectivity index (χ4n) is 9.45. The molecule has 5 fully saturated rings. The number of phenolic OH excluding ortho intramolecular Hbond substituents is 1. The van der Waals surface area contributed by atoms with Crippen molar-refractivity contribution < 1.29 is 18.6 Å². The zero-order chi connectivity index (χ0) is 31.2. The molecule has 2 N–H and O–H groups in total. The maximum atomic E-state index is 16.9. The molecule has 8 nitrogen and oxygen atoms in total. The molecule has 2 aromatic carbocycles. The SMILES string of the molecule is C#Cc1cccc2cc(O)cc(-c3ncc4c(N5CC6CCC(C5)N6)nc(OCC56C[C@H](F)CN5[C@@H]5CCC[C@@H]5C6)nc4c3F)c12. The molecule has 6 atom stereocenters. The molecule has 236 valence electrons. The zero-order valence-electron chi connectivity index (χ0n) is 25.6. The van der Waals surface area contributed by atoms with Crippen LogP contribution in [0.3, 0.4) is 0 Å². The summed E-state index contributed by atoms with van der Waals surface area (Å²) in [5, 5.41) is 16.1. The molecular formula is C36H36F2N6O2. The minimum Gasteiger partial charge on any atom is -0.508 e. The molecule has 4 aromatic rings. The Kier molecular flexibility index (Phi) is 6.42. The first-order valence-electron chi connectivity index (χ1n) is 16.5. The molecule has 0 radical (unpaired) electrons. The van der Waals surface area contributed by atoms with Crippen LogP contribution in [0, 0.1) is 24.1 Å². The summed E-state index contributed by atoms with van der Waals surface area (Å²) in [5.74, 6) is 3.19. The molecule has 3 unspecified atom stereocenters. The van der Waals surface area contributed by atoms with Gasteiger partial charge in [-0.05, 0) is 61.6 Å². The van der Waals surface area contributed by atoms with E-state index in [1.165, 1.54) is 18.9 Å². The van der Waals surface area contributed by atoms with E-state index in [2.05, 4.69) is 31.0 Å². The van der Waals surface area contributed by atoms with Gasteiger partial charge in [0, 0.05) is 66.9 Å². The van der Waals surface area contributed by atoms with Crippen LogP contribution in [0.25, 0.3) is 32.9 Å². The number of aromatic nitrogens is 3. The van der Waals surface area contributed by atoms with Gasteiger partial charge in [0.1, 0.15) is 35.6 Å². The standard InChI is InChI=1S/C36H36F2N6O2/c1-2-20-5-3-6-21-11-26(45)12-27(30(20)21)32-31(38)33-28(15-39-32)34(43-17-24-9-10-25(18-43)40-24)42-35(41-33)46-19-36-13-22-7-4-8-29(22)44(36)16-23(37)14-36/h1,3,5-6,11-12,15,22-25,29,40,45H,4,7-10,13-14,16-19H2/t22-,23+,24?,25?,29-,36?/m1/s1. The lowest BCUT2D eigenvalue weighted by atomic mass is 9.89. The maximum Gasteiger partial charge on any atom is 0.319 e. The van der Waals surface area contributed by atoms with Crippen molar-refractivity contribution >= 4 is 27.5 Å². The lowest BCUT2D eigenvalue weighted by Crippen LogP contribution is -2.51. The van der Waals surface area contributed by atoms with Crippen LogP contribution < -0.4 is 15.0 Å². The molecule has 2 aromatic heterocycles. The number of halogens is 2. The van der Waals surface area contributed by atoms with E-state index in [0.29, 0.717) is 70.1 Å². The van der Waals surface area contributed by atoms with Gasteiger partial charge >= 0.3 is 6.01 Å². The number of phenols is 1. The highest BCUT2D eigenvalue weighted by atomic mass is 19.1. The van der Waals surface area contributed by atoms with Crippen LogP contribution in [-0.2, 0) is 0 Å². The summed E-state index contributed by atoms with van der Waals surface area (Å²) in [7, 11) is 0. The number of aromatic hydroxyl groups is 1. The third-order valence-electron chi connectivity index (χ3n) is 11.3. The Balaban J connectivity index is 1.16. The molecule has 5 aliphatic rings. The van der Waals surface area contributed by atoms with Crippen LogP contribution in [-0.4, -0.2) is 81.0 Å². The molecule has 9 rings (SSSR count). The molecule has 6 heterocycles. The van der Waals surface area contributed by atoms with Crippen molar-refractivity contribution in [2.75, 3.05) is 31.1 Å². The number of nitrogens with zero attached hydrogens (tertiary/aromatic N) is 5. The average Bonchev–Trinajstić information content (AvgIpc) is 3.79. The van der Waals surface area contributed by atoms with Gasteiger partial charge in [0.05, 0.1) is 10.9 Å². The van der Waals surface area contributed by atoms with Gasteiger partial charge < -0.3 is 20.1 Å². The highest BCUT2D eigenvalue weighted by Gasteiger charge is 2.58. The van der Waals surface area contributed by atoms with Crippen molar-refractivity contribution in [1.29, 1.82) is 0 Å². The van der Waals surface area contributed by atoms with Crippen LogP contribution >= 0.6 is 0 Å². The van der Waals surface area contributed by atoms with Gasteiger partial charge in [-0.15, -0.1) is 6.42 Å². The zero-order valence-corrected chi connectivity index (χ0v) is 25.6. The van der Waals surface area contributed by atoms with Gasteiger partial charge in [0.2, 0.25) is 0 Å². The van der Waals surface area contributed by atoms with Gasteiger partial charge in [-0.2, -0.15) is 9.97 Å². The number of pyridine rings is 1. The van der Waals surface area contributed by atoms with E-state index in [1.807, 2.05) is 12.1 Å². The van der Waals surface area contributed by atoms with Crippen LogP contribution in [0.15, 0.2) is 36.5 Å². The molecule has 0 amide bonds. The molecule has 46 heavy (non-hydrogen) atoms. The highest BCUT2D eigenvalue weighted by Crippen LogP contribution is 2.52. The molecule has 10 heteroatoms. The van der Waals surface area contributed by atoms with Gasteiger partial charge in [-0.25, -0.2) is 8.78 Å². The Morgan fingerprint density at radius 3 is 2.76 bits per heavy atom. The largest absolute Gasteiger partial charge is 0.508 e. The number of anilines is 1. The fourth-order valence-corrected chi connectivity index (χ4v) is 9.45. The van der Waals surface area contributed by atoms with E-state index in [0.717, 1.165) is 38.8 Å². The van der Waals surface area contributed by atoms with Crippen LogP contribution in [0.1, 0.15) is 50.5 Å². The second-order valence-electron chi connectivity index (χ2n) is 14.0. The van der Waals surface area contributed by atoms with Crippen molar-refractivity contribution in [2.45, 2.75) is 74.8 Å². The van der Waals surface area contributed by atoms with Gasteiger partial charge in [-0.3, -0.25) is 9.88 Å². The van der Waals surface area contributed by atoms with Crippen LogP contribution in [0.2, 0.25) is 0 Å². The van der Waals surface area contributed by atoms with Crippen molar-refractivity contribution in [3.63, 3.8) is 0 Å². The Hall–Kier alpha value is -4.07. The van der Waals surface area contributed by atoms with E-state index in [1.54, 1.807) is 18.3 Å². The highest BCUT2D eigenvalue weighted by molar-refractivity contribution is 6.02. The fraction of sp³-hybridized carbons (Fsp3) is 0.472. The first-order valence-corrected chi connectivity index (χ1v) is 16.5. The molecule has 1 saturated carbocycles. The van der Waals surface area contributed by atoms with Gasteiger partial charge in [0.25, 0.3) is 0 Å². The number of alkyl halides is 1. The monoisotopic (exact) mass is 622 g/mol. The quantitative estimate of drug-likeness (QED) is 0.289. The minimum atomic E-state index is -0.884. The minimum absolute atomic E-state index is 0.0190. The van der Waals surface area contributed by atoms with Crippen LogP contribution in [0.5, 0.6) is 11.8 Å². The molecular weight excluding hydrogens is 586 g/mol. The van der Waals surface area contributed by atoms with E-state index in [-0.39, 0.29) is 29.6 Å². The number of benzene rings is 2. The lowest BCUT2D eigenvalue weighted by molar-refractivity contribution is 0.0832. The van der Waals surface area contributed by atoms with E-state index in [9.17, 15) is 9.50 Å². The predicted octanol–water partition coefficient (Wildman–Crippen LogP) is 5.35. The van der Waals surface area contributed by atoms with Gasteiger partial charge in [0.15, 0.2) is 5.82 Å². The summed E-state index contributed by atoms with van der Waals surface area (Å²) < 4.78 is 38.2. The smallest absolute Gasteiger partial charge is 0.319 e. The summed E-state index contributed by atoms with van der Waals surface area (Å²) in [6.45, 7) is 2.18. The van der Waals surface area contributed by atoms with Crippen molar-refractivity contribution in [3.05, 3.63) is 47.9 Å². The Labute approximate surface area is 266 Å². The summed E-state index contributed by atoms with van der Waals surface area (Å²) >= 11 is 0. The summed E-state index contributed by atoms with van der Waals surface area (Å²) in [4.78, 5) is 18.7. The molecule has 4 aliphatic heterocycles. The number of rotatable bonds is 5. The number of fused-ring (bicyclic) bond motifs is 7.